The van der Waals surface area contributed by atoms with E-state index in [1.165, 1.54) is 22.8 Å². The van der Waals surface area contributed by atoms with Crippen molar-refractivity contribution in [2.24, 2.45) is 0 Å². The van der Waals surface area contributed by atoms with E-state index in [9.17, 15) is 0 Å². The first-order chi connectivity index (χ1) is 9.24. The number of methoxy groups -OCH3 is 1. The van der Waals surface area contributed by atoms with Crippen LogP contribution in [0.25, 0.3) is 10.8 Å². The van der Waals surface area contributed by atoms with Gasteiger partial charge in [-0.3, -0.25) is 0 Å². The van der Waals surface area contributed by atoms with Gasteiger partial charge in [0, 0.05) is 0 Å². The minimum absolute atomic E-state index is 0.470. The van der Waals surface area contributed by atoms with Crippen molar-refractivity contribution in [3.8, 4) is 5.75 Å². The molecule has 19 heavy (non-hydrogen) atoms. The third-order valence-corrected chi connectivity index (χ3v) is 3.48. The van der Waals surface area contributed by atoms with E-state index in [1.54, 1.807) is 7.11 Å². The summed E-state index contributed by atoms with van der Waals surface area (Å²) in [4.78, 5) is 0. The molecule has 1 atom stereocenters. The Labute approximate surface area is 115 Å². The van der Waals surface area contributed by atoms with Gasteiger partial charge < -0.3 is 4.74 Å². The fourth-order valence-electron chi connectivity index (χ4n) is 2.23. The van der Waals surface area contributed by atoms with Crippen molar-refractivity contribution < 1.29 is 4.74 Å². The zero-order valence-electron chi connectivity index (χ0n) is 12.0. The van der Waals surface area contributed by atoms with Crippen LogP contribution in [0, 0.1) is 0 Å². The average molecular weight is 254 g/mol. The molecule has 1 unspecified atom stereocenters. The largest absolute Gasteiger partial charge is 0.497 e. The number of rotatable bonds is 5. The summed E-state index contributed by atoms with van der Waals surface area (Å²) in [5.41, 5.74) is 1.37. The standard InChI is InChI=1S/C18H22O/c1-4-5-6-7-14(2)15-8-9-17-13-18(19-3)11-10-16(17)12-15/h6-14H,4-5H2,1-3H3/b7-6-. The van der Waals surface area contributed by atoms with Crippen molar-refractivity contribution in [1.82, 2.24) is 0 Å². The molecule has 0 spiro atoms. The van der Waals surface area contributed by atoms with Crippen molar-refractivity contribution in [1.29, 1.82) is 0 Å². The topological polar surface area (TPSA) is 9.23 Å². The molecular formula is C18H22O. The molecule has 0 radical (unpaired) electrons. The number of unbranched alkanes of at least 4 members (excludes halogenated alkanes) is 1. The molecule has 1 heteroatoms. The molecule has 0 N–H and O–H groups in total. The fourth-order valence-corrected chi connectivity index (χ4v) is 2.23. The number of ether oxygens (including phenoxy) is 1. The van der Waals surface area contributed by atoms with Crippen LogP contribution in [0.1, 0.15) is 38.2 Å². The van der Waals surface area contributed by atoms with Gasteiger partial charge >= 0.3 is 0 Å². The summed E-state index contributed by atoms with van der Waals surface area (Å²) in [7, 11) is 1.70. The molecule has 0 aliphatic carbocycles. The molecule has 0 fully saturated rings. The van der Waals surface area contributed by atoms with Crippen LogP contribution >= 0.6 is 0 Å². The lowest BCUT2D eigenvalue weighted by Crippen LogP contribution is -1.89. The van der Waals surface area contributed by atoms with Crippen molar-refractivity contribution in [3.63, 3.8) is 0 Å². The summed E-state index contributed by atoms with van der Waals surface area (Å²) < 4.78 is 5.25. The summed E-state index contributed by atoms with van der Waals surface area (Å²) >= 11 is 0. The van der Waals surface area contributed by atoms with Gasteiger partial charge in [-0.1, -0.05) is 56.7 Å². The molecule has 0 aliphatic rings. The Morgan fingerprint density at radius 1 is 1.11 bits per heavy atom. The molecular weight excluding hydrogens is 232 g/mol. The molecule has 2 rings (SSSR count). The molecule has 2 aromatic rings. The van der Waals surface area contributed by atoms with E-state index in [0.29, 0.717) is 5.92 Å². The number of hydrogen-bond donors (Lipinski definition) is 0. The average Bonchev–Trinajstić information content (AvgIpc) is 2.46. The van der Waals surface area contributed by atoms with Gasteiger partial charge in [-0.15, -0.1) is 0 Å². The molecule has 0 heterocycles. The third kappa shape index (κ3) is 3.37. The number of benzene rings is 2. The molecule has 0 saturated carbocycles. The summed E-state index contributed by atoms with van der Waals surface area (Å²) in [6.07, 6.45) is 6.95. The summed E-state index contributed by atoms with van der Waals surface area (Å²) in [6, 6.07) is 12.9. The van der Waals surface area contributed by atoms with Crippen molar-refractivity contribution >= 4 is 10.8 Å². The van der Waals surface area contributed by atoms with Crippen LogP contribution in [0.2, 0.25) is 0 Å². The SMILES string of the molecule is CCC/C=C\C(C)c1ccc2cc(OC)ccc2c1. The van der Waals surface area contributed by atoms with Gasteiger partial charge in [-0.05, 0) is 40.8 Å². The van der Waals surface area contributed by atoms with Gasteiger partial charge in [0.15, 0.2) is 0 Å². The van der Waals surface area contributed by atoms with Crippen LogP contribution in [-0.2, 0) is 0 Å². The maximum absolute atomic E-state index is 5.25. The number of fused-ring (bicyclic) bond motifs is 1. The van der Waals surface area contributed by atoms with Gasteiger partial charge in [0.05, 0.1) is 7.11 Å². The first kappa shape index (κ1) is 13.7. The van der Waals surface area contributed by atoms with Gasteiger partial charge in [-0.2, -0.15) is 0 Å². The highest BCUT2D eigenvalue weighted by molar-refractivity contribution is 5.84. The van der Waals surface area contributed by atoms with E-state index in [4.69, 9.17) is 4.74 Å². The molecule has 0 aliphatic heterocycles. The minimum atomic E-state index is 0.470. The van der Waals surface area contributed by atoms with Crippen molar-refractivity contribution in [3.05, 3.63) is 54.1 Å². The number of allylic oxidation sites excluding steroid dienone is 2. The maximum atomic E-state index is 5.25. The fraction of sp³-hybridized carbons (Fsp3) is 0.333. The Hall–Kier alpha value is -1.76. The van der Waals surface area contributed by atoms with Crippen molar-refractivity contribution in [2.75, 3.05) is 7.11 Å². The summed E-state index contributed by atoms with van der Waals surface area (Å²) in [5.74, 6) is 1.38. The van der Waals surface area contributed by atoms with E-state index in [0.717, 1.165) is 12.2 Å². The zero-order chi connectivity index (χ0) is 13.7. The second-order valence-corrected chi connectivity index (χ2v) is 4.98. The molecule has 100 valence electrons. The molecule has 0 saturated heterocycles. The quantitative estimate of drug-likeness (QED) is 0.657. The molecule has 0 amide bonds. The second kappa shape index (κ2) is 6.42. The monoisotopic (exact) mass is 254 g/mol. The van der Waals surface area contributed by atoms with E-state index < -0.39 is 0 Å². The van der Waals surface area contributed by atoms with Crippen LogP contribution < -0.4 is 4.74 Å². The molecule has 0 bridgehead atoms. The molecule has 2 aromatic carbocycles. The van der Waals surface area contributed by atoms with Crippen LogP contribution in [-0.4, -0.2) is 7.11 Å². The van der Waals surface area contributed by atoms with Crippen molar-refractivity contribution in [2.45, 2.75) is 32.6 Å². The van der Waals surface area contributed by atoms with Gasteiger partial charge in [0.1, 0.15) is 5.75 Å². The third-order valence-electron chi connectivity index (χ3n) is 3.48. The summed E-state index contributed by atoms with van der Waals surface area (Å²) in [5, 5.41) is 2.50. The number of hydrogen-bond acceptors (Lipinski definition) is 1. The Morgan fingerprint density at radius 3 is 2.58 bits per heavy atom. The van der Waals surface area contributed by atoms with E-state index >= 15 is 0 Å². The van der Waals surface area contributed by atoms with Gasteiger partial charge in [-0.25, -0.2) is 0 Å². The first-order valence-electron chi connectivity index (χ1n) is 6.99. The molecule has 1 nitrogen and oxygen atoms in total. The lowest BCUT2D eigenvalue weighted by molar-refractivity contribution is 0.415. The van der Waals surface area contributed by atoms with Crippen LogP contribution in [0.5, 0.6) is 5.75 Å². The molecule has 0 aromatic heterocycles. The van der Waals surface area contributed by atoms with E-state index in [2.05, 4.69) is 56.3 Å². The smallest absolute Gasteiger partial charge is 0.119 e. The van der Waals surface area contributed by atoms with Crippen LogP contribution in [0.4, 0.5) is 0 Å². The Bertz CT molecular complexity index is 569. The predicted octanol–water partition coefficient (Wildman–Crippen LogP) is 5.31. The highest BCUT2D eigenvalue weighted by Gasteiger charge is 2.03. The highest BCUT2D eigenvalue weighted by atomic mass is 16.5. The zero-order valence-corrected chi connectivity index (χ0v) is 12.0. The minimum Gasteiger partial charge on any atom is -0.497 e. The normalized spacial score (nSPS) is 13.0. The van der Waals surface area contributed by atoms with E-state index in [1.807, 2.05) is 6.07 Å². The lowest BCUT2D eigenvalue weighted by Gasteiger charge is -2.09. The van der Waals surface area contributed by atoms with Crippen LogP contribution in [0.3, 0.4) is 0 Å². The van der Waals surface area contributed by atoms with Gasteiger partial charge in [0.2, 0.25) is 0 Å². The first-order valence-corrected chi connectivity index (χ1v) is 6.99. The van der Waals surface area contributed by atoms with Crippen LogP contribution in [0.15, 0.2) is 48.6 Å². The predicted molar refractivity (Wildman–Crippen MR) is 83.0 cm³/mol. The summed E-state index contributed by atoms with van der Waals surface area (Å²) in [6.45, 7) is 4.45. The Morgan fingerprint density at radius 2 is 1.84 bits per heavy atom. The Balaban J connectivity index is 2.26. The van der Waals surface area contributed by atoms with Gasteiger partial charge in [0.25, 0.3) is 0 Å². The van der Waals surface area contributed by atoms with E-state index in [-0.39, 0.29) is 0 Å². The highest BCUT2D eigenvalue weighted by Crippen LogP contribution is 2.25. The maximum Gasteiger partial charge on any atom is 0.119 e. The lowest BCUT2D eigenvalue weighted by atomic mass is 9.97. The Kier molecular flexibility index (Phi) is 4.62. The second-order valence-electron chi connectivity index (χ2n) is 4.98.